The molecule has 2 aromatic heterocycles. The van der Waals surface area contributed by atoms with Crippen LogP contribution in [0.5, 0.6) is 11.9 Å². The molecule has 0 saturated heterocycles. The van der Waals surface area contributed by atoms with Gasteiger partial charge in [0.05, 0.1) is 4.92 Å². The van der Waals surface area contributed by atoms with Crippen molar-refractivity contribution in [2.45, 2.75) is 6.92 Å². The van der Waals surface area contributed by atoms with Gasteiger partial charge in [-0.1, -0.05) is 0 Å². The van der Waals surface area contributed by atoms with Crippen LogP contribution in [-0.2, 0) is 7.05 Å². The van der Waals surface area contributed by atoms with Crippen LogP contribution < -0.4 is 16.0 Å². The fourth-order valence-electron chi connectivity index (χ4n) is 1.34. The Morgan fingerprint density at radius 1 is 1.53 bits per heavy atom. The molecule has 3 N–H and O–H groups in total. The Balaban J connectivity index is 2.47. The number of anilines is 1. The molecule has 0 spiro atoms. The first-order valence-corrected chi connectivity index (χ1v) is 5.04. The molecule has 19 heavy (non-hydrogen) atoms. The predicted octanol–water partition coefficient (Wildman–Crippen LogP) is -0.100. The van der Waals surface area contributed by atoms with Crippen LogP contribution in [0.3, 0.4) is 0 Å². The maximum atomic E-state index is 11.0. The number of aryl methyl sites for hydroxylation is 2. The number of ether oxygens (including phenoxy) is 1. The summed E-state index contributed by atoms with van der Waals surface area (Å²) in [4.78, 5) is 21.7. The van der Waals surface area contributed by atoms with Gasteiger partial charge in [-0.25, -0.2) is 10.8 Å². The highest BCUT2D eigenvalue weighted by molar-refractivity contribution is 5.49. The summed E-state index contributed by atoms with van der Waals surface area (Å²) in [6, 6.07) is -0.0633. The quantitative estimate of drug-likeness (QED) is 0.439. The van der Waals surface area contributed by atoms with Crippen LogP contribution in [0.25, 0.3) is 0 Å². The summed E-state index contributed by atoms with van der Waals surface area (Å²) in [6.45, 7) is 1.44. The Kier molecular flexibility index (Phi) is 3.20. The zero-order chi connectivity index (χ0) is 14.0. The number of nitrogen functional groups attached to an aromatic ring is 1. The van der Waals surface area contributed by atoms with E-state index in [9.17, 15) is 10.1 Å². The third-order valence-corrected chi connectivity index (χ3v) is 2.10. The Morgan fingerprint density at radius 2 is 2.26 bits per heavy atom. The summed E-state index contributed by atoms with van der Waals surface area (Å²) in [5.41, 5.74) is 1.94. The highest BCUT2D eigenvalue weighted by Crippen LogP contribution is 2.30. The Labute approximate surface area is 106 Å². The summed E-state index contributed by atoms with van der Waals surface area (Å²) in [5.74, 6) is 4.89. The van der Waals surface area contributed by atoms with Crippen LogP contribution in [0.2, 0.25) is 0 Å². The van der Waals surface area contributed by atoms with E-state index in [1.807, 2.05) is 0 Å². The first-order valence-electron chi connectivity index (χ1n) is 5.04. The topological polar surface area (TPSA) is 147 Å². The molecule has 0 bridgehead atoms. The zero-order valence-corrected chi connectivity index (χ0v) is 10.1. The second-order valence-corrected chi connectivity index (χ2v) is 3.49. The van der Waals surface area contributed by atoms with Gasteiger partial charge in [0.25, 0.3) is 0 Å². The highest BCUT2D eigenvalue weighted by Gasteiger charge is 2.25. The molecule has 0 radical (unpaired) electrons. The number of rotatable bonds is 4. The molecule has 100 valence electrons. The number of nitro groups is 1. The molecule has 0 saturated carbocycles. The molecule has 2 heterocycles. The van der Waals surface area contributed by atoms with E-state index >= 15 is 0 Å². The maximum Gasteiger partial charge on any atom is 0.352 e. The normalized spacial score (nSPS) is 10.3. The molecule has 0 aliphatic heterocycles. The van der Waals surface area contributed by atoms with Crippen molar-refractivity contribution in [3.05, 3.63) is 22.1 Å². The van der Waals surface area contributed by atoms with Gasteiger partial charge >= 0.3 is 17.6 Å². The van der Waals surface area contributed by atoms with Crippen LogP contribution in [0.1, 0.15) is 5.69 Å². The van der Waals surface area contributed by atoms with Crippen LogP contribution in [-0.4, -0.2) is 29.7 Å². The van der Waals surface area contributed by atoms with Crippen LogP contribution in [0, 0.1) is 17.0 Å². The molecule has 0 unspecified atom stereocenters. The summed E-state index contributed by atoms with van der Waals surface area (Å²) in [7, 11) is 1.63. The number of nitrogens with one attached hydrogen (secondary N) is 1. The second-order valence-electron chi connectivity index (χ2n) is 3.49. The lowest BCUT2D eigenvalue weighted by atomic mass is 10.3. The van der Waals surface area contributed by atoms with E-state index in [2.05, 4.69) is 25.5 Å². The molecule has 0 fully saturated rings. The van der Waals surface area contributed by atoms with Crippen LogP contribution >= 0.6 is 0 Å². The van der Waals surface area contributed by atoms with Crippen molar-refractivity contribution in [3.8, 4) is 11.9 Å². The summed E-state index contributed by atoms with van der Waals surface area (Å²) in [6.07, 6.45) is 1.39. The Morgan fingerprint density at radius 3 is 2.79 bits per heavy atom. The molecule has 0 amide bonds. The van der Waals surface area contributed by atoms with E-state index in [0.717, 1.165) is 0 Å². The first kappa shape index (κ1) is 12.6. The first-order chi connectivity index (χ1) is 9.01. The average Bonchev–Trinajstić information content (AvgIpc) is 2.73. The maximum absolute atomic E-state index is 11.0. The van der Waals surface area contributed by atoms with Crippen molar-refractivity contribution in [1.82, 2.24) is 24.7 Å². The van der Waals surface area contributed by atoms with Gasteiger partial charge in [0.1, 0.15) is 12.0 Å². The second kappa shape index (κ2) is 4.81. The lowest BCUT2D eigenvalue weighted by molar-refractivity contribution is -0.386. The minimum absolute atomic E-state index is 0.00553. The van der Waals surface area contributed by atoms with Gasteiger partial charge in [0, 0.05) is 7.05 Å². The van der Waals surface area contributed by atoms with Gasteiger partial charge in [0.2, 0.25) is 5.95 Å². The molecule has 2 aromatic rings. The van der Waals surface area contributed by atoms with E-state index in [0.29, 0.717) is 0 Å². The fraction of sp³-hybridized carbons (Fsp3) is 0.250. The van der Waals surface area contributed by atoms with Gasteiger partial charge in [-0.15, -0.1) is 5.10 Å². The zero-order valence-electron chi connectivity index (χ0n) is 10.1. The molecule has 11 nitrogen and oxygen atoms in total. The largest absolute Gasteiger partial charge is 0.397 e. The van der Waals surface area contributed by atoms with Crippen molar-refractivity contribution in [3.63, 3.8) is 0 Å². The number of hydrazine groups is 1. The fourth-order valence-corrected chi connectivity index (χ4v) is 1.34. The smallest absolute Gasteiger partial charge is 0.352 e. The monoisotopic (exact) mass is 266 g/mol. The Bertz CT molecular complexity index is 624. The number of nitrogens with two attached hydrogens (primary N) is 1. The lowest BCUT2D eigenvalue weighted by Gasteiger charge is -2.05. The van der Waals surface area contributed by atoms with E-state index in [1.165, 1.54) is 17.9 Å². The lowest BCUT2D eigenvalue weighted by Crippen LogP contribution is -2.13. The molecule has 0 aliphatic rings. The minimum atomic E-state index is -0.645. The number of nitrogens with zero attached hydrogens (tertiary/aromatic N) is 6. The summed E-state index contributed by atoms with van der Waals surface area (Å²) in [5, 5.41) is 14.8. The summed E-state index contributed by atoms with van der Waals surface area (Å²) < 4.78 is 6.57. The number of aromatic nitrogens is 5. The van der Waals surface area contributed by atoms with Crippen molar-refractivity contribution in [2.75, 3.05) is 5.43 Å². The van der Waals surface area contributed by atoms with Crippen LogP contribution in [0.4, 0.5) is 11.6 Å². The standard InChI is InChI=1S/C8H10N8O3/c1-4-5(16(17)18)6(12-7(11-4)13-9)19-8-10-3-15(2)14-8/h3H,9H2,1-2H3,(H,11,12,13). The number of hydrogen-bond acceptors (Lipinski definition) is 9. The minimum Gasteiger partial charge on any atom is -0.397 e. The third-order valence-electron chi connectivity index (χ3n) is 2.10. The van der Waals surface area contributed by atoms with E-state index in [-0.39, 0.29) is 29.2 Å². The van der Waals surface area contributed by atoms with Crippen molar-refractivity contribution < 1.29 is 9.66 Å². The third kappa shape index (κ3) is 2.55. The summed E-state index contributed by atoms with van der Waals surface area (Å²) >= 11 is 0. The van der Waals surface area contributed by atoms with Gasteiger partial charge in [-0.05, 0) is 6.92 Å². The van der Waals surface area contributed by atoms with Crippen molar-refractivity contribution in [1.29, 1.82) is 0 Å². The molecule has 0 aromatic carbocycles. The van der Waals surface area contributed by atoms with E-state index in [4.69, 9.17) is 10.6 Å². The van der Waals surface area contributed by atoms with E-state index < -0.39 is 4.92 Å². The number of hydrogen-bond donors (Lipinski definition) is 2. The highest BCUT2D eigenvalue weighted by atomic mass is 16.6. The molecular weight excluding hydrogens is 256 g/mol. The molecule has 0 atom stereocenters. The van der Waals surface area contributed by atoms with Gasteiger partial charge in [-0.2, -0.15) is 9.97 Å². The average molecular weight is 266 g/mol. The predicted molar refractivity (Wildman–Crippen MR) is 62.3 cm³/mol. The Hall–Kier alpha value is -2.82. The molecule has 2 rings (SSSR count). The molecular formula is C8H10N8O3. The van der Waals surface area contributed by atoms with Gasteiger partial charge in [-0.3, -0.25) is 20.2 Å². The molecule has 0 aliphatic carbocycles. The van der Waals surface area contributed by atoms with Crippen molar-refractivity contribution >= 4 is 11.6 Å². The van der Waals surface area contributed by atoms with E-state index in [1.54, 1.807) is 7.05 Å². The molecule has 11 heteroatoms. The van der Waals surface area contributed by atoms with Crippen molar-refractivity contribution in [2.24, 2.45) is 12.9 Å². The van der Waals surface area contributed by atoms with Gasteiger partial charge in [0.15, 0.2) is 0 Å². The SMILES string of the molecule is Cc1nc(NN)nc(Oc2ncn(C)n2)c1[N+](=O)[O-]. The van der Waals surface area contributed by atoms with Crippen LogP contribution in [0.15, 0.2) is 6.33 Å². The van der Waals surface area contributed by atoms with Gasteiger partial charge < -0.3 is 4.74 Å².